The van der Waals surface area contributed by atoms with Gasteiger partial charge in [0.05, 0.1) is 18.9 Å². The molecule has 68 valence electrons. The maximum Gasteiger partial charge on any atom is 0.170 e. The first kappa shape index (κ1) is 8.10. The van der Waals surface area contributed by atoms with Crippen molar-refractivity contribution in [1.82, 2.24) is 0 Å². The molecule has 0 saturated heterocycles. The summed E-state index contributed by atoms with van der Waals surface area (Å²) in [6, 6.07) is 3.60. The highest BCUT2D eigenvalue weighted by atomic mass is 16.5. The Hall–Kier alpha value is -1.51. The van der Waals surface area contributed by atoms with E-state index in [1.165, 1.54) is 12.3 Å². The molecule has 1 atom stereocenters. The fraction of sp³-hybridized carbons (Fsp3) is 0.300. The lowest BCUT2D eigenvalue weighted by molar-refractivity contribution is -0.123. The summed E-state index contributed by atoms with van der Waals surface area (Å²) < 4.78 is 10.6. The van der Waals surface area contributed by atoms with Crippen molar-refractivity contribution in [2.45, 2.75) is 18.9 Å². The number of allylic oxidation sites excluding steroid dienone is 1. The van der Waals surface area contributed by atoms with Gasteiger partial charge in [-0.05, 0) is 19.1 Å². The van der Waals surface area contributed by atoms with E-state index >= 15 is 0 Å². The minimum absolute atomic E-state index is 0.0603. The van der Waals surface area contributed by atoms with Gasteiger partial charge < -0.3 is 9.15 Å². The lowest BCUT2D eigenvalue weighted by atomic mass is 9.94. The van der Waals surface area contributed by atoms with E-state index < -0.39 is 5.60 Å². The topological polar surface area (TPSA) is 39.4 Å². The second-order valence-electron chi connectivity index (χ2n) is 3.27. The molecular formula is C10H10O3. The Morgan fingerprint density at radius 2 is 2.38 bits per heavy atom. The minimum atomic E-state index is -0.630. The normalized spacial score (nSPS) is 27.3. The van der Waals surface area contributed by atoms with Crippen LogP contribution in [0.25, 0.3) is 0 Å². The van der Waals surface area contributed by atoms with Gasteiger partial charge in [0.1, 0.15) is 5.76 Å². The number of ketones is 1. The molecule has 1 unspecified atom stereocenters. The zero-order chi connectivity index (χ0) is 9.31. The number of carbonyl (C=O) groups excluding carboxylic acids is 1. The van der Waals surface area contributed by atoms with Crippen molar-refractivity contribution >= 4 is 5.78 Å². The molecule has 0 amide bonds. The monoisotopic (exact) mass is 178 g/mol. The first-order chi connectivity index (χ1) is 6.21. The van der Waals surface area contributed by atoms with Crippen molar-refractivity contribution in [3.63, 3.8) is 0 Å². The van der Waals surface area contributed by atoms with Gasteiger partial charge >= 0.3 is 0 Å². The summed E-state index contributed by atoms with van der Waals surface area (Å²) in [5.41, 5.74) is -0.630. The predicted molar refractivity (Wildman–Crippen MR) is 45.9 cm³/mol. The zero-order valence-electron chi connectivity index (χ0n) is 7.32. The molecular weight excluding hydrogens is 168 g/mol. The SMILES string of the molecule is CC1(c2ccco2)CC(=O)C=CO1. The maximum absolute atomic E-state index is 11.2. The van der Waals surface area contributed by atoms with Crippen LogP contribution in [0.4, 0.5) is 0 Å². The Morgan fingerprint density at radius 3 is 3.00 bits per heavy atom. The van der Waals surface area contributed by atoms with E-state index in [2.05, 4.69) is 0 Å². The fourth-order valence-electron chi connectivity index (χ4n) is 1.42. The average Bonchev–Trinajstić information content (AvgIpc) is 2.55. The molecule has 3 nitrogen and oxygen atoms in total. The Balaban J connectivity index is 2.32. The lowest BCUT2D eigenvalue weighted by Gasteiger charge is -2.28. The van der Waals surface area contributed by atoms with Gasteiger partial charge in [0.2, 0.25) is 0 Å². The molecule has 0 aliphatic carbocycles. The molecule has 3 heteroatoms. The number of hydrogen-bond acceptors (Lipinski definition) is 3. The number of ether oxygens (including phenoxy) is 1. The lowest BCUT2D eigenvalue weighted by Crippen LogP contribution is -2.29. The van der Waals surface area contributed by atoms with Crippen LogP contribution in [0.1, 0.15) is 19.1 Å². The molecule has 1 aliphatic rings. The van der Waals surface area contributed by atoms with Gasteiger partial charge in [0, 0.05) is 6.08 Å². The first-order valence-electron chi connectivity index (χ1n) is 4.12. The van der Waals surface area contributed by atoms with Crippen molar-refractivity contribution in [2.75, 3.05) is 0 Å². The Labute approximate surface area is 76.0 Å². The summed E-state index contributed by atoms with van der Waals surface area (Å²) in [4.78, 5) is 11.2. The quantitative estimate of drug-likeness (QED) is 0.660. The highest BCUT2D eigenvalue weighted by Gasteiger charge is 2.35. The van der Waals surface area contributed by atoms with E-state index in [9.17, 15) is 4.79 Å². The van der Waals surface area contributed by atoms with E-state index in [-0.39, 0.29) is 5.78 Å². The third-order valence-electron chi connectivity index (χ3n) is 2.14. The largest absolute Gasteiger partial charge is 0.487 e. The van der Waals surface area contributed by atoms with Crippen molar-refractivity contribution < 1.29 is 13.9 Å². The van der Waals surface area contributed by atoms with Gasteiger partial charge in [-0.25, -0.2) is 0 Å². The second-order valence-corrected chi connectivity index (χ2v) is 3.27. The van der Waals surface area contributed by atoms with Crippen molar-refractivity contribution in [3.05, 3.63) is 36.5 Å². The number of hydrogen-bond donors (Lipinski definition) is 0. The summed E-state index contributed by atoms with van der Waals surface area (Å²) >= 11 is 0. The molecule has 2 rings (SSSR count). The van der Waals surface area contributed by atoms with Crippen LogP contribution in [0, 0.1) is 0 Å². The van der Waals surface area contributed by atoms with Gasteiger partial charge in [0.25, 0.3) is 0 Å². The van der Waals surface area contributed by atoms with E-state index in [1.54, 1.807) is 12.3 Å². The smallest absolute Gasteiger partial charge is 0.170 e. The summed E-state index contributed by atoms with van der Waals surface area (Å²) in [5, 5.41) is 0. The molecule has 0 N–H and O–H groups in total. The van der Waals surface area contributed by atoms with Gasteiger partial charge in [-0.1, -0.05) is 0 Å². The molecule has 0 fully saturated rings. The van der Waals surface area contributed by atoms with Crippen molar-refractivity contribution in [2.24, 2.45) is 0 Å². The van der Waals surface area contributed by atoms with Crippen LogP contribution in [0.5, 0.6) is 0 Å². The third kappa shape index (κ3) is 1.37. The molecule has 1 aromatic rings. The fourth-order valence-corrected chi connectivity index (χ4v) is 1.42. The summed E-state index contributed by atoms with van der Waals surface area (Å²) in [7, 11) is 0. The van der Waals surface area contributed by atoms with Crippen LogP contribution in [0.2, 0.25) is 0 Å². The molecule has 0 aromatic carbocycles. The zero-order valence-corrected chi connectivity index (χ0v) is 7.32. The first-order valence-corrected chi connectivity index (χ1v) is 4.12. The van der Waals surface area contributed by atoms with Crippen LogP contribution >= 0.6 is 0 Å². The van der Waals surface area contributed by atoms with E-state index in [4.69, 9.17) is 9.15 Å². The maximum atomic E-state index is 11.2. The number of rotatable bonds is 1. The summed E-state index contributed by atoms with van der Waals surface area (Å²) in [6.45, 7) is 1.84. The molecule has 0 bridgehead atoms. The molecule has 0 spiro atoms. The minimum Gasteiger partial charge on any atom is -0.487 e. The van der Waals surface area contributed by atoms with Gasteiger partial charge in [-0.2, -0.15) is 0 Å². The molecule has 1 aromatic heterocycles. The molecule has 1 aliphatic heterocycles. The molecule has 0 saturated carbocycles. The molecule has 13 heavy (non-hydrogen) atoms. The van der Waals surface area contributed by atoms with E-state index in [1.807, 2.05) is 13.0 Å². The number of carbonyl (C=O) groups is 1. The van der Waals surface area contributed by atoms with E-state index in [0.717, 1.165) is 0 Å². The third-order valence-corrected chi connectivity index (χ3v) is 2.14. The molecule has 2 heterocycles. The molecule has 0 radical (unpaired) electrons. The standard InChI is InChI=1S/C10H10O3/c1-10(9-3-2-5-12-9)7-8(11)4-6-13-10/h2-6H,7H2,1H3. The van der Waals surface area contributed by atoms with Crippen LogP contribution in [-0.4, -0.2) is 5.78 Å². The van der Waals surface area contributed by atoms with E-state index in [0.29, 0.717) is 12.2 Å². The summed E-state index contributed by atoms with van der Waals surface area (Å²) in [5.74, 6) is 0.746. The van der Waals surface area contributed by atoms with Gasteiger partial charge in [-0.3, -0.25) is 4.79 Å². The van der Waals surface area contributed by atoms with Crippen LogP contribution < -0.4 is 0 Å². The van der Waals surface area contributed by atoms with Crippen molar-refractivity contribution in [1.29, 1.82) is 0 Å². The van der Waals surface area contributed by atoms with Gasteiger partial charge in [-0.15, -0.1) is 0 Å². The van der Waals surface area contributed by atoms with Crippen molar-refractivity contribution in [3.8, 4) is 0 Å². The Bertz CT molecular complexity index is 337. The van der Waals surface area contributed by atoms with Crippen LogP contribution in [-0.2, 0) is 15.1 Å². The highest BCUT2D eigenvalue weighted by Crippen LogP contribution is 2.32. The van der Waals surface area contributed by atoms with Crippen LogP contribution in [0.3, 0.4) is 0 Å². The predicted octanol–water partition coefficient (Wildman–Crippen LogP) is 2.00. The second kappa shape index (κ2) is 2.76. The van der Waals surface area contributed by atoms with Gasteiger partial charge in [0.15, 0.2) is 11.4 Å². The summed E-state index contributed by atoms with van der Waals surface area (Å²) in [6.07, 6.45) is 4.77. The Kier molecular flexibility index (Phi) is 1.72. The average molecular weight is 178 g/mol. The van der Waals surface area contributed by atoms with Crippen LogP contribution in [0.15, 0.2) is 35.2 Å². The Morgan fingerprint density at radius 1 is 1.54 bits per heavy atom. The number of furan rings is 1. The highest BCUT2D eigenvalue weighted by molar-refractivity contribution is 5.90.